The molecule has 10 heteroatoms. The number of nitrogens with zero attached hydrogens (tertiary/aromatic N) is 3. The van der Waals surface area contributed by atoms with E-state index in [2.05, 4.69) is 25.8 Å². The Labute approximate surface area is 137 Å². The van der Waals surface area contributed by atoms with Gasteiger partial charge in [0.15, 0.2) is 34.9 Å². The van der Waals surface area contributed by atoms with Gasteiger partial charge in [-0.3, -0.25) is 0 Å². The first-order valence-corrected chi connectivity index (χ1v) is 6.76. The lowest BCUT2D eigenvalue weighted by molar-refractivity contribution is 0.449. The van der Waals surface area contributed by atoms with E-state index in [9.17, 15) is 22.0 Å². The molecule has 0 radical (unpaired) electrons. The van der Waals surface area contributed by atoms with Crippen LogP contribution in [0.4, 0.5) is 45.1 Å². The fraction of sp³-hybridized carbons (Fsp3) is 0. The highest BCUT2D eigenvalue weighted by Gasteiger charge is 2.14. The minimum atomic E-state index is -1.64. The average Bonchev–Trinajstić information content (AvgIpc) is 2.59. The van der Waals surface area contributed by atoms with E-state index >= 15 is 0 Å². The number of hydrogen-bond donors (Lipinski definition) is 2. The lowest BCUT2D eigenvalue weighted by Crippen LogP contribution is -2.05. The van der Waals surface area contributed by atoms with Crippen molar-refractivity contribution in [3.8, 4) is 0 Å². The average molecular weight is 353 g/mol. The van der Waals surface area contributed by atoms with Gasteiger partial charge in [0.2, 0.25) is 5.95 Å². The van der Waals surface area contributed by atoms with Crippen LogP contribution in [0.1, 0.15) is 0 Å². The van der Waals surface area contributed by atoms with Gasteiger partial charge in [0.25, 0.3) is 0 Å². The predicted molar refractivity (Wildman–Crippen MR) is 79.1 cm³/mol. The Morgan fingerprint density at radius 2 is 1.52 bits per heavy atom. The number of hydrogen-bond acceptors (Lipinski definition) is 5. The molecule has 25 heavy (non-hydrogen) atoms. The van der Waals surface area contributed by atoms with E-state index in [0.29, 0.717) is 0 Å². The molecule has 0 saturated heterocycles. The first-order chi connectivity index (χ1) is 11.9. The number of anilines is 4. The molecule has 5 nitrogen and oxygen atoms in total. The van der Waals surface area contributed by atoms with Crippen molar-refractivity contribution in [1.82, 2.24) is 15.2 Å². The highest BCUT2D eigenvalue weighted by molar-refractivity contribution is 5.59. The molecule has 3 rings (SSSR count). The number of benzene rings is 2. The zero-order chi connectivity index (χ0) is 18.0. The second-order valence-corrected chi connectivity index (χ2v) is 4.77. The van der Waals surface area contributed by atoms with Crippen molar-refractivity contribution < 1.29 is 22.0 Å². The van der Waals surface area contributed by atoms with Crippen molar-refractivity contribution in [3.63, 3.8) is 0 Å². The summed E-state index contributed by atoms with van der Waals surface area (Å²) < 4.78 is 65.8. The van der Waals surface area contributed by atoms with E-state index in [1.807, 2.05) is 0 Å². The van der Waals surface area contributed by atoms with Gasteiger partial charge in [-0.2, -0.15) is 10.1 Å². The van der Waals surface area contributed by atoms with E-state index in [-0.39, 0.29) is 17.5 Å². The summed E-state index contributed by atoms with van der Waals surface area (Å²) in [5.41, 5.74) is -0.213. The smallest absolute Gasteiger partial charge is 0.249 e. The van der Waals surface area contributed by atoms with Crippen LogP contribution in [-0.4, -0.2) is 15.2 Å². The van der Waals surface area contributed by atoms with Gasteiger partial charge in [0.1, 0.15) is 0 Å². The highest BCUT2D eigenvalue weighted by atomic mass is 19.2. The van der Waals surface area contributed by atoms with E-state index in [0.717, 1.165) is 24.3 Å². The fourth-order valence-electron chi connectivity index (χ4n) is 1.88. The van der Waals surface area contributed by atoms with Crippen LogP contribution in [0.3, 0.4) is 0 Å². The maximum absolute atomic E-state index is 13.6. The van der Waals surface area contributed by atoms with Gasteiger partial charge in [0.05, 0.1) is 11.9 Å². The molecule has 0 atom stereocenters. The summed E-state index contributed by atoms with van der Waals surface area (Å²) in [5, 5.41) is 12.2. The Bertz CT molecular complexity index is 934. The van der Waals surface area contributed by atoms with Gasteiger partial charge in [0, 0.05) is 11.8 Å². The second kappa shape index (κ2) is 6.67. The van der Waals surface area contributed by atoms with Crippen molar-refractivity contribution in [2.45, 2.75) is 0 Å². The molecule has 0 unspecified atom stereocenters. The molecule has 0 aliphatic rings. The van der Waals surface area contributed by atoms with Gasteiger partial charge in [-0.05, 0) is 24.3 Å². The van der Waals surface area contributed by atoms with Crippen LogP contribution >= 0.6 is 0 Å². The largest absolute Gasteiger partial charge is 0.339 e. The molecule has 0 spiro atoms. The van der Waals surface area contributed by atoms with E-state index in [1.165, 1.54) is 12.3 Å². The Morgan fingerprint density at radius 3 is 2.28 bits per heavy atom. The van der Waals surface area contributed by atoms with Gasteiger partial charge >= 0.3 is 0 Å². The van der Waals surface area contributed by atoms with Crippen molar-refractivity contribution in [3.05, 3.63) is 65.6 Å². The summed E-state index contributed by atoms with van der Waals surface area (Å²) >= 11 is 0. The van der Waals surface area contributed by atoms with Crippen LogP contribution in [-0.2, 0) is 0 Å². The van der Waals surface area contributed by atoms with Crippen molar-refractivity contribution in [1.29, 1.82) is 0 Å². The lowest BCUT2D eigenvalue weighted by atomic mass is 10.3. The third-order valence-electron chi connectivity index (χ3n) is 3.03. The number of nitrogens with one attached hydrogen (secondary N) is 2. The number of halogens is 5. The van der Waals surface area contributed by atoms with Crippen LogP contribution in [0.5, 0.6) is 0 Å². The molecule has 2 aromatic carbocycles. The maximum Gasteiger partial charge on any atom is 0.249 e. The number of rotatable bonds is 4. The maximum atomic E-state index is 13.6. The molecule has 0 amide bonds. The Kier molecular flexibility index (Phi) is 4.42. The molecular weight excluding hydrogens is 345 g/mol. The quantitative estimate of drug-likeness (QED) is 0.547. The first kappa shape index (κ1) is 16.6. The molecule has 1 aromatic heterocycles. The van der Waals surface area contributed by atoms with Crippen molar-refractivity contribution in [2.75, 3.05) is 10.6 Å². The molecule has 0 fully saturated rings. The Balaban J connectivity index is 1.82. The molecule has 0 aliphatic heterocycles. The Morgan fingerprint density at radius 1 is 0.760 bits per heavy atom. The predicted octanol–water partition coefficient (Wildman–Crippen LogP) is 4.05. The molecule has 2 N–H and O–H groups in total. The standard InChI is InChI=1S/C15H8F5N5/c16-8-2-1-7(5-10(8)18)22-12-6-21-25-15(24-12)23-11-4-3-9(17)13(19)14(11)20/h1-6H,(H2,22,23,24,25). The van der Waals surface area contributed by atoms with Gasteiger partial charge < -0.3 is 10.6 Å². The minimum Gasteiger partial charge on any atom is -0.339 e. The SMILES string of the molecule is Fc1ccc(Nc2cnnc(Nc3ccc(F)c(F)c3F)n2)cc1F. The minimum absolute atomic E-state index is 0.0755. The lowest BCUT2D eigenvalue weighted by Gasteiger charge is -2.09. The third-order valence-corrected chi connectivity index (χ3v) is 3.03. The summed E-state index contributed by atoms with van der Waals surface area (Å²) in [4.78, 5) is 3.91. The molecular formula is C15H8F5N5. The fourth-order valence-corrected chi connectivity index (χ4v) is 1.88. The van der Waals surface area contributed by atoms with Crippen LogP contribution < -0.4 is 10.6 Å². The van der Waals surface area contributed by atoms with Gasteiger partial charge in [-0.15, -0.1) is 5.10 Å². The van der Waals surface area contributed by atoms with Crippen LogP contribution in [0.25, 0.3) is 0 Å². The van der Waals surface area contributed by atoms with Gasteiger partial charge in [-0.1, -0.05) is 0 Å². The zero-order valence-electron chi connectivity index (χ0n) is 12.2. The monoisotopic (exact) mass is 353 g/mol. The molecule has 3 aromatic rings. The van der Waals surface area contributed by atoms with Crippen LogP contribution in [0, 0.1) is 29.1 Å². The van der Waals surface area contributed by atoms with E-state index in [1.54, 1.807) is 0 Å². The molecule has 0 bridgehead atoms. The third kappa shape index (κ3) is 3.62. The Hall–Kier alpha value is -3.30. The summed E-state index contributed by atoms with van der Waals surface area (Å²) in [6, 6.07) is 4.79. The second-order valence-electron chi connectivity index (χ2n) is 4.77. The first-order valence-electron chi connectivity index (χ1n) is 6.76. The molecule has 0 saturated carbocycles. The molecule has 128 valence electrons. The van der Waals surface area contributed by atoms with Crippen molar-refractivity contribution in [2.24, 2.45) is 0 Å². The van der Waals surface area contributed by atoms with Crippen LogP contribution in [0.15, 0.2) is 36.5 Å². The number of aromatic nitrogens is 3. The van der Waals surface area contributed by atoms with E-state index < -0.39 is 34.8 Å². The summed E-state index contributed by atoms with van der Waals surface area (Å²) in [7, 11) is 0. The molecule has 1 heterocycles. The van der Waals surface area contributed by atoms with Crippen LogP contribution in [0.2, 0.25) is 0 Å². The summed E-state index contributed by atoms with van der Waals surface area (Å²) in [6.45, 7) is 0. The normalized spacial score (nSPS) is 10.6. The summed E-state index contributed by atoms with van der Waals surface area (Å²) in [6.07, 6.45) is 1.17. The van der Waals surface area contributed by atoms with Crippen molar-refractivity contribution >= 4 is 23.1 Å². The zero-order valence-corrected chi connectivity index (χ0v) is 12.2. The van der Waals surface area contributed by atoms with E-state index in [4.69, 9.17) is 0 Å². The molecule has 0 aliphatic carbocycles. The highest BCUT2D eigenvalue weighted by Crippen LogP contribution is 2.23. The van der Waals surface area contributed by atoms with Gasteiger partial charge in [-0.25, -0.2) is 22.0 Å². The summed E-state index contributed by atoms with van der Waals surface area (Å²) in [5.74, 6) is -6.65. The topological polar surface area (TPSA) is 62.7 Å².